The van der Waals surface area contributed by atoms with Crippen LogP contribution in [0.25, 0.3) is 223 Å². The number of pyridine rings is 12. The minimum Gasteiger partial charge on any atom is -0.335 e. The first-order valence-corrected chi connectivity index (χ1v) is 48.9. The van der Waals surface area contributed by atoms with Crippen LogP contribution in [0, 0.1) is 5.41 Å². The van der Waals surface area contributed by atoms with Gasteiger partial charge in [0.25, 0.3) is 0 Å². The van der Waals surface area contributed by atoms with E-state index in [4.69, 9.17) is 19.9 Å². The predicted molar refractivity (Wildman–Crippen MR) is 575 cm³/mol. The highest BCUT2D eigenvalue weighted by molar-refractivity contribution is 6.05. The summed E-state index contributed by atoms with van der Waals surface area (Å²) in [6.07, 6.45) is 50.7. The van der Waals surface area contributed by atoms with Gasteiger partial charge in [-0.15, -0.1) is 0 Å². The van der Waals surface area contributed by atoms with Gasteiger partial charge < -0.3 is 35.9 Å². The van der Waals surface area contributed by atoms with Gasteiger partial charge in [0.1, 0.15) is 22.8 Å². The molecule has 25 rings (SSSR count). The smallest absolute Gasteiger partial charge is 0.224 e. The summed E-state index contributed by atoms with van der Waals surface area (Å²) in [5.74, 6) is 2.60. The standard InChI is InChI=1S/C29H26N8O.C29H26N8.C28H24N8O.C27H22N8O/c1-29(2,3)12-25(38)33-20-10-19(13-31-14-20)18-4-5-23-21(11-18)27(37-36-23)28-34-24-16-32-15-22(26(24)35-28)17-6-8-30-9-7-17;1-2-10-37(11-3-1)18-19-12-22(15-31-14-19)21-4-5-25-23(13-21)28(36-35-25)29-33-26-17-32-16-24(27(26)34-29)20-6-8-30-9-7-20;1-2-3-4-25(37)32-20-11-19(13-30-14-20)18-5-6-23-21(12-18)27(36-35-23)28-33-24-16-31-15-22(26(24)34-28)17-7-9-29-10-8-17;1-2-3-24(36)31-19-10-18(12-29-13-19)17-4-5-22-20(11-17)26(35-34-22)27-32-23-15-30-14-21(25(23)33-27)16-6-8-28-9-7-16/h4-11,13-16H,12H2,1-3H3,(H,33,38)(H,34,35)(H,36,37);4-9,12-17H,1-3,10-11,18H2,(H,33,34)(H,35,36);5-16H,2-4H2,1H3,(H,32,37)(H,33,34)(H,35,36);4-15H,2-3H2,1H3,(H,31,36)(H,32,33)(H,34,35). The Bertz CT molecular complexity index is 8970. The second-order valence-electron chi connectivity index (χ2n) is 37.5. The van der Waals surface area contributed by atoms with E-state index < -0.39 is 0 Å². The lowest BCUT2D eigenvalue weighted by Gasteiger charge is -2.26. The lowest BCUT2D eigenvalue weighted by Crippen LogP contribution is -2.29. The van der Waals surface area contributed by atoms with Crippen LogP contribution in [0.3, 0.4) is 0 Å². The van der Waals surface area contributed by atoms with Gasteiger partial charge in [-0.05, 0) is 216 Å². The molecule has 0 saturated carbocycles. The molecule has 20 aromatic heterocycles. The first-order chi connectivity index (χ1) is 72.5. The highest BCUT2D eigenvalue weighted by Crippen LogP contribution is 2.41. The first-order valence-electron chi connectivity index (χ1n) is 48.9. The zero-order valence-corrected chi connectivity index (χ0v) is 81.3. The second kappa shape index (κ2) is 41.8. The molecule has 0 spiro atoms. The first kappa shape index (κ1) is 93.8. The van der Waals surface area contributed by atoms with E-state index in [-0.39, 0.29) is 23.1 Å². The molecule has 1 aliphatic rings. The molecule has 0 radical (unpaired) electrons. The van der Waals surface area contributed by atoms with Crippen LogP contribution >= 0.6 is 0 Å². The maximum atomic E-state index is 12.4. The number of hydrogen-bond acceptors (Lipinski definition) is 24. The van der Waals surface area contributed by atoms with Crippen molar-refractivity contribution in [2.24, 2.45) is 5.41 Å². The van der Waals surface area contributed by atoms with Crippen molar-refractivity contribution in [1.82, 2.24) is 145 Å². The summed E-state index contributed by atoms with van der Waals surface area (Å²) < 4.78 is 0. The number of anilines is 3. The number of nitrogens with zero attached hydrogens (tertiary/aromatic N) is 21. The predicted octanol–water partition coefficient (Wildman–Crippen LogP) is 22.7. The molecule has 4 aromatic carbocycles. The SMILES string of the molecule is CC(C)(C)CC(=O)Nc1cncc(-c2ccc3[nH]nc(-c4nc5c(-c6ccncc6)cncc5[nH]4)c3c2)c1.CCCC(=O)Nc1cncc(-c2ccc3[nH]nc(-c4nc5c(-c6ccncc6)cncc5[nH]4)c3c2)c1.CCCCC(=O)Nc1cncc(-c2ccc3[nH]nc(-c4nc5c(-c6ccncc6)cncc5[nH]4)c3c2)c1.c1cc(-c2cncc3[nH]c(-c4n[nH]c5ccc(-c6cncc(CN7CCCCC7)c6)cc45)nc23)ccn1. The summed E-state index contributed by atoms with van der Waals surface area (Å²) >= 11 is 0. The minimum absolute atomic E-state index is 0.00103. The van der Waals surface area contributed by atoms with Gasteiger partial charge in [-0.3, -0.25) is 99.5 Å². The zero-order chi connectivity index (χ0) is 101. The lowest BCUT2D eigenvalue weighted by atomic mass is 9.92. The van der Waals surface area contributed by atoms with Crippen LogP contribution in [0.2, 0.25) is 0 Å². The Morgan fingerprint density at radius 1 is 0.297 bits per heavy atom. The van der Waals surface area contributed by atoms with Gasteiger partial charge in [0.2, 0.25) is 17.7 Å². The number of unbranched alkanes of at least 4 members (excludes halogenated alkanes) is 1. The molecule has 3 amide bonds. The van der Waals surface area contributed by atoms with Crippen LogP contribution in [0.1, 0.15) is 98.0 Å². The van der Waals surface area contributed by atoms with E-state index in [1.165, 1.54) is 37.9 Å². The van der Waals surface area contributed by atoms with Crippen molar-refractivity contribution in [2.45, 2.75) is 99.0 Å². The van der Waals surface area contributed by atoms with Gasteiger partial charge in [-0.1, -0.05) is 71.7 Å². The number of nitrogens with one attached hydrogen (secondary N) is 11. The van der Waals surface area contributed by atoms with E-state index in [2.05, 4.69) is 191 Å². The van der Waals surface area contributed by atoms with Crippen molar-refractivity contribution in [3.05, 3.63) is 300 Å². The number of aromatic amines is 8. The molecule has 728 valence electrons. The van der Waals surface area contributed by atoms with Crippen molar-refractivity contribution in [3.8, 4) is 135 Å². The monoisotopic (exact) mass is 1950 g/mol. The summed E-state index contributed by atoms with van der Waals surface area (Å²) in [6.45, 7) is 13.5. The third kappa shape index (κ3) is 20.5. The normalized spacial score (nSPS) is 12.2. The molecule has 35 nitrogen and oxygen atoms in total. The average Bonchev–Trinajstić information content (AvgIpc) is 1.63. The highest BCUT2D eigenvalue weighted by atomic mass is 16.2. The fourth-order valence-corrected chi connectivity index (χ4v) is 18.5. The summed E-state index contributed by atoms with van der Waals surface area (Å²) in [5, 5.41) is 43.4. The number of likely N-dealkylation sites (tertiary alicyclic amines) is 1. The third-order valence-corrected chi connectivity index (χ3v) is 25.7. The number of H-pyrrole nitrogens is 8. The summed E-state index contributed by atoms with van der Waals surface area (Å²) in [5.41, 5.74) is 31.9. The summed E-state index contributed by atoms with van der Waals surface area (Å²) in [4.78, 5) is 124. The Balaban J connectivity index is 0.000000112. The Kier molecular flexibility index (Phi) is 26.5. The fourth-order valence-electron chi connectivity index (χ4n) is 18.5. The second-order valence-corrected chi connectivity index (χ2v) is 37.5. The van der Waals surface area contributed by atoms with Crippen molar-refractivity contribution in [1.29, 1.82) is 0 Å². The number of piperidine rings is 1. The van der Waals surface area contributed by atoms with E-state index in [0.29, 0.717) is 76.7 Å². The fraction of sp³-hybridized carbons (Fsp3) is 0.159. The molecule has 0 atom stereocenters. The Morgan fingerprint density at radius 3 is 0.919 bits per heavy atom. The molecule has 21 heterocycles. The van der Waals surface area contributed by atoms with Crippen molar-refractivity contribution < 1.29 is 14.4 Å². The molecular formula is C113H98N32O3. The number of amides is 3. The van der Waals surface area contributed by atoms with E-state index in [1.807, 2.05) is 168 Å². The van der Waals surface area contributed by atoms with E-state index in [9.17, 15) is 14.4 Å². The van der Waals surface area contributed by atoms with Gasteiger partial charge in [-0.25, -0.2) is 19.9 Å². The van der Waals surface area contributed by atoms with Crippen LogP contribution in [0.15, 0.2) is 294 Å². The lowest BCUT2D eigenvalue weighted by molar-refractivity contribution is -0.118. The summed E-state index contributed by atoms with van der Waals surface area (Å²) in [7, 11) is 0. The Morgan fingerprint density at radius 2 is 0.601 bits per heavy atom. The number of carbonyl (C=O) groups is 3. The molecule has 1 saturated heterocycles. The quantitative estimate of drug-likeness (QED) is 0.0283. The van der Waals surface area contributed by atoms with E-state index in [1.54, 1.807) is 112 Å². The Labute approximate surface area is 845 Å². The van der Waals surface area contributed by atoms with Crippen LogP contribution < -0.4 is 16.0 Å². The summed E-state index contributed by atoms with van der Waals surface area (Å²) in [6, 6.07) is 48.1. The van der Waals surface area contributed by atoms with Gasteiger partial charge in [0, 0.05) is 197 Å². The number of imidazole rings is 4. The van der Waals surface area contributed by atoms with Crippen molar-refractivity contribution in [2.75, 3.05) is 29.0 Å². The van der Waals surface area contributed by atoms with Gasteiger partial charge >= 0.3 is 0 Å². The molecular weight excluding hydrogens is 1850 g/mol. The Hall–Kier alpha value is -19.2. The van der Waals surface area contributed by atoms with Crippen molar-refractivity contribution >= 4 is 123 Å². The minimum atomic E-state index is -0.0936. The van der Waals surface area contributed by atoms with E-state index >= 15 is 0 Å². The largest absolute Gasteiger partial charge is 0.335 e. The number of carbonyl (C=O) groups excluding carboxylic acids is 3. The van der Waals surface area contributed by atoms with Crippen LogP contribution in [0.4, 0.5) is 17.1 Å². The maximum Gasteiger partial charge on any atom is 0.224 e. The van der Waals surface area contributed by atoms with E-state index in [0.717, 1.165) is 208 Å². The molecule has 0 aliphatic carbocycles. The number of fused-ring (bicyclic) bond motifs is 8. The van der Waals surface area contributed by atoms with Gasteiger partial charge in [-0.2, -0.15) is 20.4 Å². The molecule has 0 bridgehead atoms. The number of hydrogen-bond donors (Lipinski definition) is 11. The molecule has 1 aliphatic heterocycles. The van der Waals surface area contributed by atoms with Crippen LogP contribution in [-0.4, -0.2) is 176 Å². The van der Waals surface area contributed by atoms with Crippen molar-refractivity contribution in [3.63, 3.8) is 0 Å². The molecule has 11 N–H and O–H groups in total. The average molecular weight is 1950 g/mol. The highest BCUT2D eigenvalue weighted by Gasteiger charge is 2.25. The molecule has 148 heavy (non-hydrogen) atoms. The number of aromatic nitrogens is 28. The maximum absolute atomic E-state index is 12.4. The topological polar surface area (TPSA) is 475 Å². The number of rotatable bonds is 23. The third-order valence-electron chi connectivity index (χ3n) is 25.7. The zero-order valence-electron chi connectivity index (χ0n) is 81.3. The van der Waals surface area contributed by atoms with Crippen LogP contribution in [-0.2, 0) is 20.9 Å². The van der Waals surface area contributed by atoms with Crippen LogP contribution in [0.5, 0.6) is 0 Å². The molecule has 0 unspecified atom stereocenters. The van der Waals surface area contributed by atoms with Gasteiger partial charge in [0.05, 0.1) is 127 Å². The molecule has 1 fully saturated rings. The molecule has 35 heteroatoms. The molecule has 24 aromatic rings. The number of benzene rings is 4. The van der Waals surface area contributed by atoms with Gasteiger partial charge in [0.15, 0.2) is 23.3 Å².